The number of carboxylic acids is 1. The van der Waals surface area contributed by atoms with Crippen LogP contribution in [0.2, 0.25) is 0 Å². The fraction of sp³-hybridized carbons (Fsp3) is 0.357. The van der Waals surface area contributed by atoms with E-state index in [4.69, 9.17) is 9.63 Å². The third kappa shape index (κ3) is 3.19. The molecule has 0 amide bonds. The van der Waals surface area contributed by atoms with Gasteiger partial charge in [-0.05, 0) is 11.0 Å². The number of nitrogens with zero attached hydrogens (tertiary/aromatic N) is 2. The first-order chi connectivity index (χ1) is 8.86. The van der Waals surface area contributed by atoms with E-state index in [0.717, 1.165) is 5.56 Å². The van der Waals surface area contributed by atoms with E-state index in [-0.39, 0.29) is 17.7 Å². The van der Waals surface area contributed by atoms with E-state index >= 15 is 0 Å². The highest BCUT2D eigenvalue weighted by Gasteiger charge is 2.15. The van der Waals surface area contributed by atoms with Gasteiger partial charge in [-0.25, -0.2) is 0 Å². The van der Waals surface area contributed by atoms with Gasteiger partial charge < -0.3 is 9.63 Å². The number of benzene rings is 1. The smallest absolute Gasteiger partial charge is 0.312 e. The number of rotatable bonds is 3. The molecule has 0 saturated heterocycles. The van der Waals surface area contributed by atoms with Crippen LogP contribution < -0.4 is 0 Å². The van der Waals surface area contributed by atoms with Crippen LogP contribution >= 0.6 is 0 Å². The predicted molar refractivity (Wildman–Crippen MR) is 69.8 cm³/mol. The molecule has 0 aliphatic rings. The number of aliphatic carboxylic acids is 1. The van der Waals surface area contributed by atoms with Crippen molar-refractivity contribution in [3.05, 3.63) is 35.7 Å². The normalized spacial score (nSPS) is 11.5. The van der Waals surface area contributed by atoms with Gasteiger partial charge in [-0.3, -0.25) is 4.79 Å². The third-order valence-corrected chi connectivity index (χ3v) is 2.78. The molecule has 0 unspecified atom stereocenters. The van der Waals surface area contributed by atoms with Crippen molar-refractivity contribution in [3.63, 3.8) is 0 Å². The molecule has 0 saturated carbocycles. The summed E-state index contributed by atoms with van der Waals surface area (Å²) < 4.78 is 4.89. The van der Waals surface area contributed by atoms with Crippen molar-refractivity contribution in [2.24, 2.45) is 0 Å². The topological polar surface area (TPSA) is 76.2 Å². The minimum atomic E-state index is -0.988. The summed E-state index contributed by atoms with van der Waals surface area (Å²) in [6.45, 7) is 6.42. The lowest BCUT2D eigenvalue weighted by Gasteiger charge is -2.18. The molecule has 1 aromatic heterocycles. The van der Waals surface area contributed by atoms with E-state index < -0.39 is 5.97 Å². The number of carboxylic acid groups (broad SMARTS) is 1. The Morgan fingerprint density at radius 3 is 2.42 bits per heavy atom. The fourth-order valence-corrected chi connectivity index (χ4v) is 1.69. The summed E-state index contributed by atoms with van der Waals surface area (Å²) in [7, 11) is 0. The van der Waals surface area contributed by atoms with Crippen molar-refractivity contribution in [3.8, 4) is 11.4 Å². The zero-order valence-electron chi connectivity index (χ0n) is 11.2. The van der Waals surface area contributed by atoms with Crippen LogP contribution in [0.4, 0.5) is 0 Å². The Morgan fingerprint density at radius 2 is 1.89 bits per heavy atom. The number of hydrogen-bond acceptors (Lipinski definition) is 4. The van der Waals surface area contributed by atoms with E-state index in [1.54, 1.807) is 0 Å². The summed E-state index contributed by atoms with van der Waals surface area (Å²) in [5.41, 5.74) is 2.11. The van der Waals surface area contributed by atoms with Gasteiger partial charge in [-0.15, -0.1) is 0 Å². The van der Waals surface area contributed by atoms with Gasteiger partial charge in [0.25, 0.3) is 0 Å². The average molecular weight is 260 g/mol. The largest absolute Gasteiger partial charge is 0.481 e. The Hall–Kier alpha value is -2.17. The van der Waals surface area contributed by atoms with E-state index in [1.165, 1.54) is 5.56 Å². The summed E-state index contributed by atoms with van der Waals surface area (Å²) in [5, 5.41) is 12.4. The van der Waals surface area contributed by atoms with Gasteiger partial charge in [0.05, 0.1) is 0 Å². The molecule has 0 aliphatic carbocycles. The molecule has 5 nitrogen and oxygen atoms in total. The third-order valence-electron chi connectivity index (χ3n) is 2.78. The number of hydrogen-bond donors (Lipinski definition) is 1. The minimum absolute atomic E-state index is 0.0876. The predicted octanol–water partition coefficient (Wildman–Crippen LogP) is 2.66. The molecule has 0 bridgehead atoms. The van der Waals surface area contributed by atoms with Crippen molar-refractivity contribution in [1.82, 2.24) is 10.1 Å². The zero-order chi connectivity index (χ0) is 14.0. The molecule has 19 heavy (non-hydrogen) atoms. The first-order valence-electron chi connectivity index (χ1n) is 6.01. The SMILES string of the molecule is CC(C)(C)c1ccc(-c2noc(CC(=O)O)n2)cc1. The Kier molecular flexibility index (Phi) is 3.38. The van der Waals surface area contributed by atoms with Crippen molar-refractivity contribution in [2.45, 2.75) is 32.6 Å². The molecule has 0 atom stereocenters. The highest BCUT2D eigenvalue weighted by Crippen LogP contribution is 2.24. The van der Waals surface area contributed by atoms with Gasteiger partial charge >= 0.3 is 5.97 Å². The van der Waals surface area contributed by atoms with Crippen LogP contribution in [0.25, 0.3) is 11.4 Å². The molecule has 2 rings (SSSR count). The maximum absolute atomic E-state index is 10.5. The number of carbonyl (C=O) groups is 1. The summed E-state index contributed by atoms with van der Waals surface area (Å²) in [4.78, 5) is 14.6. The van der Waals surface area contributed by atoms with Crippen LogP contribution in [-0.2, 0) is 16.6 Å². The molecule has 0 spiro atoms. The first kappa shape index (κ1) is 13.3. The summed E-state index contributed by atoms with van der Waals surface area (Å²) in [5.74, 6) is -0.461. The van der Waals surface area contributed by atoms with Crippen LogP contribution in [0.15, 0.2) is 28.8 Å². The Morgan fingerprint density at radius 1 is 1.26 bits per heavy atom. The maximum Gasteiger partial charge on any atom is 0.312 e. The van der Waals surface area contributed by atoms with Crippen LogP contribution in [0.3, 0.4) is 0 Å². The summed E-state index contributed by atoms with van der Waals surface area (Å²) in [6, 6.07) is 7.86. The molecule has 0 radical (unpaired) electrons. The van der Waals surface area contributed by atoms with Gasteiger partial charge in [-0.2, -0.15) is 4.98 Å². The second-order valence-electron chi connectivity index (χ2n) is 5.41. The Balaban J connectivity index is 2.23. The fourth-order valence-electron chi connectivity index (χ4n) is 1.69. The maximum atomic E-state index is 10.5. The van der Waals surface area contributed by atoms with Crippen LogP contribution in [0.5, 0.6) is 0 Å². The van der Waals surface area contributed by atoms with E-state index in [1.807, 2.05) is 24.3 Å². The van der Waals surface area contributed by atoms with Crippen LogP contribution in [0, 0.1) is 0 Å². The lowest BCUT2D eigenvalue weighted by molar-refractivity contribution is -0.136. The van der Waals surface area contributed by atoms with Crippen molar-refractivity contribution < 1.29 is 14.4 Å². The highest BCUT2D eigenvalue weighted by atomic mass is 16.5. The zero-order valence-corrected chi connectivity index (χ0v) is 11.2. The monoisotopic (exact) mass is 260 g/mol. The quantitative estimate of drug-likeness (QED) is 0.918. The van der Waals surface area contributed by atoms with E-state index in [2.05, 4.69) is 30.9 Å². The molecule has 0 fully saturated rings. The summed E-state index contributed by atoms with van der Waals surface area (Å²) in [6.07, 6.45) is -0.257. The van der Waals surface area contributed by atoms with Crippen molar-refractivity contribution in [2.75, 3.05) is 0 Å². The van der Waals surface area contributed by atoms with Gasteiger partial charge in [0.1, 0.15) is 6.42 Å². The van der Waals surface area contributed by atoms with Gasteiger partial charge in [0.2, 0.25) is 11.7 Å². The molecular weight excluding hydrogens is 244 g/mol. The molecule has 1 heterocycles. The van der Waals surface area contributed by atoms with Crippen molar-refractivity contribution in [1.29, 1.82) is 0 Å². The molecular formula is C14H16N2O3. The van der Waals surface area contributed by atoms with E-state index in [0.29, 0.717) is 5.82 Å². The minimum Gasteiger partial charge on any atom is -0.481 e. The molecule has 1 N–H and O–H groups in total. The molecule has 0 aliphatic heterocycles. The Labute approximate surface area is 111 Å². The lowest BCUT2D eigenvalue weighted by atomic mass is 9.87. The molecule has 100 valence electrons. The van der Waals surface area contributed by atoms with Crippen LogP contribution in [-0.4, -0.2) is 21.2 Å². The van der Waals surface area contributed by atoms with Crippen LogP contribution in [0.1, 0.15) is 32.2 Å². The molecule has 2 aromatic rings. The number of aromatic nitrogens is 2. The second kappa shape index (κ2) is 4.84. The first-order valence-corrected chi connectivity index (χ1v) is 6.01. The summed E-state index contributed by atoms with van der Waals surface area (Å²) >= 11 is 0. The second-order valence-corrected chi connectivity index (χ2v) is 5.41. The Bertz CT molecular complexity index is 579. The highest BCUT2D eigenvalue weighted by molar-refractivity contribution is 5.69. The van der Waals surface area contributed by atoms with E-state index in [9.17, 15) is 4.79 Å². The van der Waals surface area contributed by atoms with Gasteiger partial charge in [0.15, 0.2) is 0 Å². The van der Waals surface area contributed by atoms with Crippen molar-refractivity contribution >= 4 is 5.97 Å². The lowest BCUT2D eigenvalue weighted by Crippen LogP contribution is -2.10. The van der Waals surface area contributed by atoms with Gasteiger partial charge in [-0.1, -0.05) is 50.2 Å². The molecule has 5 heteroatoms. The molecule has 1 aromatic carbocycles. The average Bonchev–Trinajstić information content (AvgIpc) is 2.75. The standard InChI is InChI=1S/C14H16N2O3/c1-14(2,3)10-6-4-9(5-7-10)13-15-11(19-16-13)8-12(17)18/h4-7H,8H2,1-3H3,(H,17,18). The van der Waals surface area contributed by atoms with Gasteiger partial charge in [0, 0.05) is 5.56 Å².